The Morgan fingerprint density at radius 1 is 1.11 bits per heavy atom. The second-order valence-corrected chi connectivity index (χ2v) is 5.06. The molecule has 18 heavy (non-hydrogen) atoms. The zero-order valence-electron chi connectivity index (χ0n) is 8.97. The van der Waals surface area contributed by atoms with Gasteiger partial charge in [0.05, 0.1) is 6.61 Å². The van der Waals surface area contributed by atoms with Crippen LogP contribution in [0, 0.1) is 0 Å². The summed E-state index contributed by atoms with van der Waals surface area (Å²) in [5, 5.41) is 46.6. The van der Waals surface area contributed by atoms with Gasteiger partial charge in [0.25, 0.3) is 0 Å². The van der Waals surface area contributed by atoms with Crippen LogP contribution in [-0.2, 0) is 13.8 Å². The zero-order valence-corrected chi connectivity index (χ0v) is 9.87. The van der Waals surface area contributed by atoms with Gasteiger partial charge in [-0.3, -0.25) is 4.52 Å². The van der Waals surface area contributed by atoms with Crippen LogP contribution in [0.15, 0.2) is 0 Å². The Morgan fingerprint density at radius 3 is 2.17 bits per heavy atom. The van der Waals surface area contributed by atoms with Gasteiger partial charge in [-0.15, -0.1) is 0 Å². The molecule has 108 valence electrons. The van der Waals surface area contributed by atoms with E-state index in [1.54, 1.807) is 0 Å². The Bertz CT molecular complexity index is 317. The van der Waals surface area contributed by atoms with Crippen molar-refractivity contribution >= 4 is 7.82 Å². The van der Waals surface area contributed by atoms with Crippen molar-refractivity contribution in [3.05, 3.63) is 0 Å². The molecule has 0 aromatic heterocycles. The molecule has 0 aromatic rings. The molecule has 1 saturated heterocycles. The average molecular weight is 290 g/mol. The topological polar surface area (TPSA) is 177 Å². The van der Waals surface area contributed by atoms with Gasteiger partial charge in [-0.05, 0) is 0 Å². The van der Waals surface area contributed by atoms with E-state index in [0.717, 1.165) is 0 Å². The fourth-order valence-corrected chi connectivity index (χ4v) is 1.82. The smallest absolute Gasteiger partial charge is 0.388 e. The summed E-state index contributed by atoms with van der Waals surface area (Å²) in [6, 6.07) is 0. The van der Waals surface area contributed by atoms with E-state index in [1.165, 1.54) is 0 Å². The van der Waals surface area contributed by atoms with Crippen LogP contribution in [0.4, 0.5) is 0 Å². The summed E-state index contributed by atoms with van der Waals surface area (Å²) in [7, 11) is -4.80. The van der Waals surface area contributed by atoms with Gasteiger partial charge in [0, 0.05) is 0 Å². The van der Waals surface area contributed by atoms with Crippen molar-refractivity contribution in [2.24, 2.45) is 0 Å². The molecule has 0 radical (unpaired) electrons. The van der Waals surface area contributed by atoms with Crippen LogP contribution in [0.2, 0.25) is 0 Å². The molecular formula is C7H15O10P. The van der Waals surface area contributed by atoms with Crippen molar-refractivity contribution in [2.75, 3.05) is 6.61 Å². The van der Waals surface area contributed by atoms with Gasteiger partial charge in [-0.1, -0.05) is 0 Å². The number of phosphoric ester groups is 1. The number of rotatable bonds is 4. The first-order chi connectivity index (χ1) is 8.13. The van der Waals surface area contributed by atoms with Crippen molar-refractivity contribution in [2.45, 2.75) is 36.8 Å². The quantitative estimate of drug-likeness (QED) is 0.254. The van der Waals surface area contributed by atoms with Gasteiger partial charge >= 0.3 is 7.82 Å². The lowest BCUT2D eigenvalue weighted by molar-refractivity contribution is -0.298. The van der Waals surface area contributed by atoms with Crippen LogP contribution in [0.3, 0.4) is 0 Å². The Morgan fingerprint density at radius 2 is 1.67 bits per heavy atom. The maximum atomic E-state index is 10.4. The van der Waals surface area contributed by atoms with Crippen LogP contribution in [0.25, 0.3) is 0 Å². The van der Waals surface area contributed by atoms with Gasteiger partial charge in [0.15, 0.2) is 6.29 Å². The minimum Gasteiger partial charge on any atom is -0.388 e. The molecule has 0 amide bonds. The van der Waals surface area contributed by atoms with Crippen LogP contribution in [0.5, 0.6) is 0 Å². The molecule has 1 heterocycles. The molecule has 7 N–H and O–H groups in total. The SMILES string of the molecule is O=P(O)(O)OC[C@@H](O)[C@H]1O[C@H](O)[C@@H](O)[C@@H](O)[C@@H]1O. The Balaban J connectivity index is 2.62. The third-order valence-corrected chi connectivity index (χ3v) is 2.90. The lowest BCUT2D eigenvalue weighted by Gasteiger charge is -2.40. The van der Waals surface area contributed by atoms with Crippen LogP contribution in [-0.4, -0.2) is 78.7 Å². The summed E-state index contributed by atoms with van der Waals surface area (Å²) in [5.74, 6) is 0. The fourth-order valence-electron chi connectivity index (χ4n) is 1.47. The predicted molar refractivity (Wildman–Crippen MR) is 52.9 cm³/mol. The summed E-state index contributed by atoms with van der Waals surface area (Å²) in [5.41, 5.74) is 0. The Kier molecular flexibility index (Phi) is 5.21. The monoisotopic (exact) mass is 290 g/mol. The van der Waals surface area contributed by atoms with Gasteiger partial charge < -0.3 is 40.1 Å². The van der Waals surface area contributed by atoms with Crippen molar-refractivity contribution in [1.82, 2.24) is 0 Å². The first-order valence-corrected chi connectivity index (χ1v) is 6.42. The standard InChI is InChI=1S/C7H15O10P/c8-2(1-16-18(13,14)15)6-4(10)3(9)5(11)7(12)17-6/h2-12H,1H2,(H2,13,14,15)/t2-,3+,4+,5+,6-,7+/m1/s1. The average Bonchev–Trinajstić information content (AvgIpc) is 2.27. The predicted octanol–water partition coefficient (Wildman–Crippen LogP) is -3.74. The summed E-state index contributed by atoms with van der Waals surface area (Å²) < 4.78 is 19.0. The maximum Gasteiger partial charge on any atom is 0.469 e. The lowest BCUT2D eigenvalue weighted by atomic mass is 9.96. The molecule has 0 spiro atoms. The largest absolute Gasteiger partial charge is 0.469 e. The first kappa shape index (κ1) is 15.9. The highest BCUT2D eigenvalue weighted by molar-refractivity contribution is 7.46. The van der Waals surface area contributed by atoms with Crippen molar-refractivity contribution in [1.29, 1.82) is 0 Å². The van der Waals surface area contributed by atoms with E-state index in [-0.39, 0.29) is 0 Å². The van der Waals surface area contributed by atoms with Crippen molar-refractivity contribution < 1.29 is 49.1 Å². The molecule has 10 nitrogen and oxygen atoms in total. The second kappa shape index (κ2) is 5.88. The van der Waals surface area contributed by atoms with E-state index >= 15 is 0 Å². The number of hydrogen-bond acceptors (Lipinski definition) is 8. The summed E-state index contributed by atoms with van der Waals surface area (Å²) >= 11 is 0. The molecule has 11 heteroatoms. The van der Waals surface area contributed by atoms with Gasteiger partial charge in [-0.25, -0.2) is 4.57 Å². The molecule has 0 unspecified atom stereocenters. The van der Waals surface area contributed by atoms with Crippen molar-refractivity contribution in [3.8, 4) is 0 Å². The van der Waals surface area contributed by atoms with Gasteiger partial charge in [0.1, 0.15) is 30.5 Å². The summed E-state index contributed by atoms with van der Waals surface area (Å²) in [6.07, 6.45) is -10.4. The van der Waals surface area contributed by atoms with Crippen molar-refractivity contribution in [3.63, 3.8) is 0 Å². The van der Waals surface area contributed by atoms with Crippen LogP contribution in [0.1, 0.15) is 0 Å². The van der Waals surface area contributed by atoms with Gasteiger partial charge in [0.2, 0.25) is 0 Å². The number of phosphoric acid groups is 1. The molecule has 0 aliphatic carbocycles. The fraction of sp³-hybridized carbons (Fsp3) is 1.00. The molecule has 0 aromatic carbocycles. The van der Waals surface area contributed by atoms with E-state index in [0.29, 0.717) is 0 Å². The maximum absolute atomic E-state index is 10.4. The molecule has 0 bridgehead atoms. The number of ether oxygens (including phenoxy) is 1. The Labute approximate surface area is 101 Å². The highest BCUT2D eigenvalue weighted by Gasteiger charge is 2.46. The van der Waals surface area contributed by atoms with Crippen LogP contribution < -0.4 is 0 Å². The van der Waals surface area contributed by atoms with Crippen LogP contribution >= 0.6 is 7.82 Å². The Hall–Kier alpha value is -0.130. The third kappa shape index (κ3) is 3.93. The minimum absolute atomic E-state index is 0.887. The zero-order chi connectivity index (χ0) is 14.1. The number of aliphatic hydroxyl groups excluding tert-OH is 5. The highest BCUT2D eigenvalue weighted by Crippen LogP contribution is 2.36. The summed E-state index contributed by atoms with van der Waals surface area (Å²) in [4.78, 5) is 16.8. The molecule has 1 fully saturated rings. The normalized spacial score (nSPS) is 39.6. The minimum atomic E-state index is -4.80. The number of aliphatic hydroxyl groups is 5. The highest BCUT2D eigenvalue weighted by atomic mass is 31.2. The van der Waals surface area contributed by atoms with E-state index in [4.69, 9.17) is 20.0 Å². The molecule has 1 aliphatic rings. The molecule has 1 rings (SSSR count). The van der Waals surface area contributed by atoms with Gasteiger partial charge in [-0.2, -0.15) is 0 Å². The van der Waals surface area contributed by atoms with E-state index in [9.17, 15) is 19.9 Å². The third-order valence-electron chi connectivity index (χ3n) is 2.42. The second-order valence-electron chi connectivity index (χ2n) is 3.82. The summed E-state index contributed by atoms with van der Waals surface area (Å²) in [6.45, 7) is -0.887. The lowest BCUT2D eigenvalue weighted by Crippen LogP contribution is -2.61. The molecule has 0 saturated carbocycles. The van der Waals surface area contributed by atoms with E-state index in [1.807, 2.05) is 0 Å². The van der Waals surface area contributed by atoms with E-state index in [2.05, 4.69) is 9.26 Å². The first-order valence-electron chi connectivity index (χ1n) is 4.89. The molecular weight excluding hydrogens is 275 g/mol. The molecule has 6 atom stereocenters. The molecule has 1 aliphatic heterocycles. The van der Waals surface area contributed by atoms with E-state index < -0.39 is 51.2 Å². The number of hydrogen-bond donors (Lipinski definition) is 7.